The van der Waals surface area contributed by atoms with Gasteiger partial charge in [-0.15, -0.1) is 0 Å². The molecule has 1 unspecified atom stereocenters. The smallest absolute Gasteiger partial charge is 0.128 e. The molecular formula is C17H18N4. The Kier molecular flexibility index (Phi) is 3.01. The fraction of sp³-hybridized carbons (Fsp3) is 0.412. The van der Waals surface area contributed by atoms with Crippen LogP contribution >= 0.6 is 0 Å². The normalized spacial score (nSPS) is 27.5. The fourth-order valence-corrected chi connectivity index (χ4v) is 3.66. The van der Waals surface area contributed by atoms with Crippen molar-refractivity contribution in [2.45, 2.75) is 18.9 Å². The van der Waals surface area contributed by atoms with Gasteiger partial charge < -0.3 is 10.2 Å². The molecule has 3 saturated heterocycles. The van der Waals surface area contributed by atoms with Gasteiger partial charge in [-0.2, -0.15) is 5.26 Å². The molecule has 3 aliphatic rings. The molecule has 4 nitrogen and oxygen atoms in total. The highest BCUT2D eigenvalue weighted by Crippen LogP contribution is 2.30. The van der Waals surface area contributed by atoms with Gasteiger partial charge in [0.05, 0.1) is 17.1 Å². The quantitative estimate of drug-likeness (QED) is 0.917. The Hall–Kier alpha value is -2.12. The lowest BCUT2D eigenvalue weighted by atomic mass is 9.84. The van der Waals surface area contributed by atoms with Gasteiger partial charge in [0.25, 0.3) is 0 Å². The van der Waals surface area contributed by atoms with Crippen molar-refractivity contribution in [3.05, 3.63) is 35.9 Å². The molecule has 1 N–H and O–H groups in total. The Balaban J connectivity index is 1.66. The first-order valence-electron chi connectivity index (χ1n) is 7.62. The van der Waals surface area contributed by atoms with Crippen molar-refractivity contribution in [2.24, 2.45) is 5.92 Å². The summed E-state index contributed by atoms with van der Waals surface area (Å²) < 4.78 is 0. The zero-order valence-corrected chi connectivity index (χ0v) is 11.9. The average Bonchev–Trinajstić information content (AvgIpc) is 2.55. The largest absolute Gasteiger partial charge is 0.366 e. The molecule has 21 heavy (non-hydrogen) atoms. The SMILES string of the molecule is N#Cc1cc(NC2CN3CCC2CC3)nc2ccccc12. The van der Waals surface area contributed by atoms with Crippen LogP contribution in [0.5, 0.6) is 0 Å². The molecule has 106 valence electrons. The minimum atomic E-state index is 0.465. The lowest BCUT2D eigenvalue weighted by Crippen LogP contribution is -2.53. The van der Waals surface area contributed by atoms with E-state index in [1.54, 1.807) is 0 Å². The van der Waals surface area contributed by atoms with E-state index >= 15 is 0 Å². The molecule has 4 heteroatoms. The predicted octanol–water partition coefficient (Wildman–Crippen LogP) is 2.61. The van der Waals surface area contributed by atoms with E-state index in [2.05, 4.69) is 21.3 Å². The van der Waals surface area contributed by atoms with Crippen LogP contribution in [0.25, 0.3) is 10.9 Å². The Bertz CT molecular complexity index is 710. The minimum absolute atomic E-state index is 0.465. The van der Waals surface area contributed by atoms with Crippen molar-refractivity contribution >= 4 is 16.7 Å². The third-order valence-electron chi connectivity index (χ3n) is 4.83. The maximum absolute atomic E-state index is 9.36. The van der Waals surface area contributed by atoms with Crippen LogP contribution in [0.15, 0.2) is 30.3 Å². The summed E-state index contributed by atoms with van der Waals surface area (Å²) in [4.78, 5) is 7.20. The summed E-state index contributed by atoms with van der Waals surface area (Å²) >= 11 is 0. The highest BCUT2D eigenvalue weighted by molar-refractivity contribution is 5.86. The molecule has 5 rings (SSSR count). The number of anilines is 1. The lowest BCUT2D eigenvalue weighted by Gasteiger charge is -2.45. The van der Waals surface area contributed by atoms with E-state index in [9.17, 15) is 5.26 Å². The van der Waals surface area contributed by atoms with Crippen molar-refractivity contribution in [3.8, 4) is 6.07 Å². The van der Waals surface area contributed by atoms with E-state index in [-0.39, 0.29) is 0 Å². The lowest BCUT2D eigenvalue weighted by molar-refractivity contribution is 0.0974. The van der Waals surface area contributed by atoms with Gasteiger partial charge in [0, 0.05) is 18.0 Å². The molecule has 2 bridgehead atoms. The van der Waals surface area contributed by atoms with Gasteiger partial charge in [0.2, 0.25) is 0 Å². The average molecular weight is 278 g/mol. The molecule has 3 fully saturated rings. The number of para-hydroxylation sites is 1. The Morgan fingerprint density at radius 3 is 2.76 bits per heavy atom. The molecule has 0 radical (unpaired) electrons. The fourth-order valence-electron chi connectivity index (χ4n) is 3.66. The van der Waals surface area contributed by atoms with Gasteiger partial charge in [0.1, 0.15) is 5.82 Å². The van der Waals surface area contributed by atoms with E-state index in [1.165, 1.54) is 25.9 Å². The molecule has 1 atom stereocenters. The maximum Gasteiger partial charge on any atom is 0.128 e. The standard InChI is InChI=1S/C17H18N4/c18-10-13-9-17(19-15-4-2-1-3-14(13)15)20-16-11-21-7-5-12(16)6-8-21/h1-4,9,12,16H,5-8,11H2,(H,19,20). The molecule has 0 amide bonds. The number of rotatable bonds is 2. The van der Waals surface area contributed by atoms with Gasteiger partial charge in [-0.3, -0.25) is 0 Å². The highest BCUT2D eigenvalue weighted by atomic mass is 15.2. The van der Waals surface area contributed by atoms with Crippen LogP contribution in [-0.2, 0) is 0 Å². The number of nitrogens with zero attached hydrogens (tertiary/aromatic N) is 3. The van der Waals surface area contributed by atoms with Crippen LogP contribution in [0, 0.1) is 17.2 Å². The summed E-state index contributed by atoms with van der Waals surface area (Å²) in [6.45, 7) is 3.57. The molecule has 2 aromatic rings. The first-order valence-corrected chi connectivity index (χ1v) is 7.62. The second-order valence-corrected chi connectivity index (χ2v) is 6.07. The van der Waals surface area contributed by atoms with Crippen molar-refractivity contribution in [1.29, 1.82) is 5.26 Å². The summed E-state index contributed by atoms with van der Waals surface area (Å²) in [5, 5.41) is 13.9. The first kappa shape index (κ1) is 12.6. The van der Waals surface area contributed by atoms with Crippen LogP contribution in [-0.4, -0.2) is 35.6 Å². The van der Waals surface area contributed by atoms with Gasteiger partial charge in [0.15, 0.2) is 0 Å². The number of nitrogens with one attached hydrogen (secondary N) is 1. The molecule has 0 saturated carbocycles. The van der Waals surface area contributed by atoms with Gasteiger partial charge >= 0.3 is 0 Å². The number of piperidine rings is 3. The third kappa shape index (κ3) is 2.24. The van der Waals surface area contributed by atoms with E-state index in [0.717, 1.165) is 29.2 Å². The van der Waals surface area contributed by atoms with E-state index in [0.29, 0.717) is 11.6 Å². The number of hydrogen-bond donors (Lipinski definition) is 1. The first-order chi connectivity index (χ1) is 10.3. The molecule has 1 aromatic carbocycles. The van der Waals surface area contributed by atoms with Crippen molar-refractivity contribution in [1.82, 2.24) is 9.88 Å². The number of hydrogen-bond acceptors (Lipinski definition) is 4. The summed E-state index contributed by atoms with van der Waals surface area (Å²) in [6, 6.07) is 12.5. The molecule has 4 heterocycles. The Labute approximate surface area is 124 Å². The number of aromatic nitrogens is 1. The highest BCUT2D eigenvalue weighted by Gasteiger charge is 2.34. The van der Waals surface area contributed by atoms with E-state index in [1.807, 2.05) is 30.3 Å². The molecular weight excluding hydrogens is 260 g/mol. The third-order valence-corrected chi connectivity index (χ3v) is 4.83. The molecule has 0 aliphatic carbocycles. The summed E-state index contributed by atoms with van der Waals surface area (Å²) in [5.74, 6) is 1.58. The van der Waals surface area contributed by atoms with Crippen LogP contribution in [0.1, 0.15) is 18.4 Å². The predicted molar refractivity (Wildman–Crippen MR) is 83.0 cm³/mol. The van der Waals surface area contributed by atoms with Crippen molar-refractivity contribution in [3.63, 3.8) is 0 Å². The van der Waals surface area contributed by atoms with E-state index in [4.69, 9.17) is 0 Å². The second-order valence-electron chi connectivity index (χ2n) is 6.07. The van der Waals surface area contributed by atoms with Crippen LogP contribution in [0.3, 0.4) is 0 Å². The maximum atomic E-state index is 9.36. The molecule has 1 aromatic heterocycles. The Morgan fingerprint density at radius 1 is 1.24 bits per heavy atom. The monoisotopic (exact) mass is 278 g/mol. The minimum Gasteiger partial charge on any atom is -0.366 e. The number of fused-ring (bicyclic) bond motifs is 4. The summed E-state index contributed by atoms with van der Waals surface area (Å²) in [5.41, 5.74) is 1.59. The van der Waals surface area contributed by atoms with Crippen molar-refractivity contribution in [2.75, 3.05) is 25.0 Å². The summed E-state index contributed by atoms with van der Waals surface area (Å²) in [6.07, 6.45) is 2.55. The van der Waals surface area contributed by atoms with Crippen molar-refractivity contribution < 1.29 is 0 Å². The second kappa shape index (κ2) is 5.01. The van der Waals surface area contributed by atoms with Crippen LogP contribution in [0.2, 0.25) is 0 Å². The topological polar surface area (TPSA) is 52.0 Å². The Morgan fingerprint density at radius 2 is 2.05 bits per heavy atom. The molecule has 0 spiro atoms. The number of nitriles is 1. The van der Waals surface area contributed by atoms with Gasteiger partial charge in [-0.25, -0.2) is 4.98 Å². The van der Waals surface area contributed by atoms with Crippen LogP contribution in [0.4, 0.5) is 5.82 Å². The zero-order chi connectivity index (χ0) is 14.2. The zero-order valence-electron chi connectivity index (χ0n) is 11.9. The number of benzene rings is 1. The van der Waals surface area contributed by atoms with Gasteiger partial charge in [-0.1, -0.05) is 18.2 Å². The summed E-state index contributed by atoms with van der Waals surface area (Å²) in [7, 11) is 0. The number of pyridine rings is 1. The van der Waals surface area contributed by atoms with Gasteiger partial charge in [-0.05, 0) is 44.0 Å². The molecule has 3 aliphatic heterocycles. The van der Waals surface area contributed by atoms with Crippen LogP contribution < -0.4 is 5.32 Å². The van der Waals surface area contributed by atoms with E-state index < -0.39 is 0 Å².